The number of para-hydroxylation sites is 1. The van der Waals surface area contributed by atoms with Gasteiger partial charge in [0, 0.05) is 20.3 Å². The molecule has 0 heterocycles. The molecule has 3 amide bonds. The van der Waals surface area contributed by atoms with Gasteiger partial charge in [0.2, 0.25) is 5.91 Å². The first-order valence-electron chi connectivity index (χ1n) is 9.51. The molecule has 0 bridgehead atoms. The molecular weight excluding hydrogens is 542 g/mol. The van der Waals surface area contributed by atoms with Crippen LogP contribution in [0, 0.1) is 0 Å². The number of hydrogen-bond donors (Lipinski definition) is 3. The molecule has 0 unspecified atom stereocenters. The van der Waals surface area contributed by atoms with E-state index in [-0.39, 0.29) is 36.3 Å². The van der Waals surface area contributed by atoms with Gasteiger partial charge < -0.3 is 20.7 Å². The van der Waals surface area contributed by atoms with Gasteiger partial charge in [-0.15, -0.1) is 0 Å². The minimum Gasteiger partial charge on any atom is -0.483 e. The van der Waals surface area contributed by atoms with Crippen LogP contribution in [0.1, 0.15) is 10.4 Å². The smallest absolute Gasteiger partial charge is 0.262 e. The van der Waals surface area contributed by atoms with Gasteiger partial charge in [-0.3, -0.25) is 14.4 Å². The Balaban J connectivity index is 1.52. The average molecular weight is 561 g/mol. The molecule has 0 aliphatic carbocycles. The summed E-state index contributed by atoms with van der Waals surface area (Å²) >= 11 is 6.66. The molecule has 9 heteroatoms. The lowest BCUT2D eigenvalue weighted by Crippen LogP contribution is -2.33. The average Bonchev–Trinajstić information content (AvgIpc) is 2.79. The zero-order chi connectivity index (χ0) is 22.9. The molecule has 3 aromatic rings. The van der Waals surface area contributed by atoms with Crippen molar-refractivity contribution in [1.29, 1.82) is 0 Å². The number of anilines is 2. The van der Waals surface area contributed by atoms with E-state index in [0.29, 0.717) is 11.4 Å². The summed E-state index contributed by atoms with van der Waals surface area (Å²) in [5.41, 5.74) is 1.47. The molecule has 0 spiro atoms. The van der Waals surface area contributed by atoms with E-state index in [1.54, 1.807) is 60.7 Å². The Morgan fingerprint density at radius 1 is 0.719 bits per heavy atom. The summed E-state index contributed by atoms with van der Waals surface area (Å²) in [6, 6.07) is 20.7. The molecule has 3 rings (SSSR count). The van der Waals surface area contributed by atoms with Crippen LogP contribution < -0.4 is 20.7 Å². The Morgan fingerprint density at radius 2 is 1.25 bits per heavy atom. The number of rotatable bonds is 8. The Hall–Kier alpha value is -3.17. The molecule has 0 saturated heterocycles. The molecule has 0 aliphatic rings. The van der Waals surface area contributed by atoms with E-state index < -0.39 is 5.91 Å². The van der Waals surface area contributed by atoms with Gasteiger partial charge >= 0.3 is 0 Å². The minimum atomic E-state index is -0.486. The Bertz CT molecular complexity index is 1100. The number of hydrogen-bond acceptors (Lipinski definition) is 4. The van der Waals surface area contributed by atoms with Crippen LogP contribution in [0.2, 0.25) is 0 Å². The van der Waals surface area contributed by atoms with Gasteiger partial charge in [0.25, 0.3) is 11.8 Å². The van der Waals surface area contributed by atoms with Gasteiger partial charge in [-0.1, -0.05) is 44.0 Å². The largest absolute Gasteiger partial charge is 0.483 e. The highest BCUT2D eigenvalue weighted by Gasteiger charge is 2.14. The molecule has 0 aliphatic heterocycles. The number of carbonyl (C=O) groups excluding carboxylic acids is 3. The standard InChI is InChI=1S/C23H19Br2N3O4/c24-15-5-9-17(10-6-15)27-21(29)13-26-23(31)19-3-1-2-4-20(19)32-14-22(30)28-18-11-7-16(25)8-12-18/h1-12H,13-14H2,(H,26,31)(H,27,29)(H,28,30). The van der Waals surface area contributed by atoms with E-state index in [2.05, 4.69) is 47.8 Å². The molecule has 164 valence electrons. The van der Waals surface area contributed by atoms with Crippen LogP contribution in [-0.4, -0.2) is 30.9 Å². The summed E-state index contributed by atoms with van der Waals surface area (Å²) in [5, 5.41) is 7.97. The molecule has 32 heavy (non-hydrogen) atoms. The molecule has 0 saturated carbocycles. The maximum atomic E-state index is 12.6. The molecule has 0 radical (unpaired) electrons. The second kappa shape index (κ2) is 11.4. The Morgan fingerprint density at radius 3 is 1.84 bits per heavy atom. The number of halogens is 2. The minimum absolute atomic E-state index is 0.215. The number of ether oxygens (including phenoxy) is 1. The summed E-state index contributed by atoms with van der Waals surface area (Å²) in [4.78, 5) is 36.8. The van der Waals surface area contributed by atoms with Crippen molar-refractivity contribution < 1.29 is 19.1 Å². The van der Waals surface area contributed by atoms with Crippen LogP contribution in [0.15, 0.2) is 81.7 Å². The first-order chi connectivity index (χ1) is 15.4. The first kappa shape index (κ1) is 23.5. The molecule has 0 aromatic heterocycles. The fourth-order valence-electron chi connectivity index (χ4n) is 2.65. The summed E-state index contributed by atoms with van der Waals surface area (Å²) in [7, 11) is 0. The lowest BCUT2D eigenvalue weighted by Gasteiger charge is -2.12. The zero-order valence-electron chi connectivity index (χ0n) is 16.7. The van der Waals surface area contributed by atoms with Crippen LogP contribution in [0.3, 0.4) is 0 Å². The highest BCUT2D eigenvalue weighted by Crippen LogP contribution is 2.19. The maximum Gasteiger partial charge on any atom is 0.262 e. The lowest BCUT2D eigenvalue weighted by molar-refractivity contribution is -0.118. The van der Waals surface area contributed by atoms with Gasteiger partial charge in [0.1, 0.15) is 5.75 Å². The van der Waals surface area contributed by atoms with E-state index in [1.807, 2.05) is 12.1 Å². The maximum absolute atomic E-state index is 12.6. The number of amides is 3. The zero-order valence-corrected chi connectivity index (χ0v) is 19.9. The second-order valence-corrected chi connectivity index (χ2v) is 8.41. The number of benzene rings is 3. The van der Waals surface area contributed by atoms with Crippen molar-refractivity contribution in [2.24, 2.45) is 0 Å². The number of nitrogens with one attached hydrogen (secondary N) is 3. The van der Waals surface area contributed by atoms with E-state index in [1.165, 1.54) is 0 Å². The monoisotopic (exact) mass is 559 g/mol. The molecular formula is C23H19Br2N3O4. The molecule has 0 fully saturated rings. The summed E-state index contributed by atoms with van der Waals surface area (Å²) < 4.78 is 7.34. The van der Waals surface area contributed by atoms with Crippen LogP contribution in [-0.2, 0) is 9.59 Å². The van der Waals surface area contributed by atoms with Crippen molar-refractivity contribution in [2.45, 2.75) is 0 Å². The van der Waals surface area contributed by atoms with Crippen molar-refractivity contribution in [3.8, 4) is 5.75 Å². The van der Waals surface area contributed by atoms with Crippen LogP contribution in [0.5, 0.6) is 5.75 Å². The lowest BCUT2D eigenvalue weighted by atomic mass is 10.2. The van der Waals surface area contributed by atoms with Crippen molar-refractivity contribution in [2.75, 3.05) is 23.8 Å². The summed E-state index contributed by atoms with van der Waals surface area (Å²) in [6.45, 7) is -0.488. The third-order valence-corrected chi connectivity index (χ3v) is 5.21. The Labute approximate surface area is 201 Å². The van der Waals surface area contributed by atoms with Crippen LogP contribution in [0.4, 0.5) is 11.4 Å². The topological polar surface area (TPSA) is 96.5 Å². The first-order valence-corrected chi connectivity index (χ1v) is 11.1. The molecule has 0 atom stereocenters. The van der Waals surface area contributed by atoms with Gasteiger partial charge in [-0.25, -0.2) is 0 Å². The fourth-order valence-corrected chi connectivity index (χ4v) is 3.18. The highest BCUT2D eigenvalue weighted by atomic mass is 79.9. The van der Waals surface area contributed by atoms with E-state index in [9.17, 15) is 14.4 Å². The highest BCUT2D eigenvalue weighted by molar-refractivity contribution is 9.10. The quantitative estimate of drug-likeness (QED) is 0.375. The third-order valence-electron chi connectivity index (χ3n) is 4.16. The predicted molar refractivity (Wildman–Crippen MR) is 130 cm³/mol. The molecule has 7 nitrogen and oxygen atoms in total. The summed E-state index contributed by atoms with van der Waals surface area (Å²) in [6.07, 6.45) is 0. The van der Waals surface area contributed by atoms with Crippen LogP contribution >= 0.6 is 31.9 Å². The van der Waals surface area contributed by atoms with Gasteiger partial charge in [0.05, 0.1) is 12.1 Å². The number of carbonyl (C=O) groups is 3. The van der Waals surface area contributed by atoms with Crippen molar-refractivity contribution in [3.63, 3.8) is 0 Å². The Kier molecular flexibility index (Phi) is 8.41. The van der Waals surface area contributed by atoms with E-state index in [4.69, 9.17) is 4.74 Å². The second-order valence-electron chi connectivity index (χ2n) is 6.58. The van der Waals surface area contributed by atoms with Gasteiger partial charge in [-0.05, 0) is 60.7 Å². The molecule has 3 aromatic carbocycles. The van der Waals surface area contributed by atoms with E-state index in [0.717, 1.165) is 8.95 Å². The SMILES string of the molecule is O=C(CNC(=O)c1ccccc1OCC(=O)Nc1ccc(Br)cc1)Nc1ccc(Br)cc1. The predicted octanol–water partition coefficient (Wildman–Crippen LogP) is 4.60. The van der Waals surface area contributed by atoms with Gasteiger partial charge in [-0.2, -0.15) is 0 Å². The van der Waals surface area contributed by atoms with Crippen LogP contribution in [0.25, 0.3) is 0 Å². The molecule has 3 N–H and O–H groups in total. The van der Waals surface area contributed by atoms with Crippen molar-refractivity contribution in [3.05, 3.63) is 87.3 Å². The van der Waals surface area contributed by atoms with Crippen molar-refractivity contribution in [1.82, 2.24) is 5.32 Å². The fraction of sp³-hybridized carbons (Fsp3) is 0.0870. The van der Waals surface area contributed by atoms with E-state index >= 15 is 0 Å². The normalized spacial score (nSPS) is 10.2. The summed E-state index contributed by atoms with van der Waals surface area (Å²) in [5.74, 6) is -0.978. The van der Waals surface area contributed by atoms with Gasteiger partial charge in [0.15, 0.2) is 6.61 Å². The van der Waals surface area contributed by atoms with Crippen molar-refractivity contribution >= 4 is 61.0 Å². The third kappa shape index (κ3) is 7.21.